The number of hydrogen-bond donors (Lipinski definition) is 2. The highest BCUT2D eigenvalue weighted by atomic mass is 16.4. The molecule has 144 valence electrons. The molecule has 1 aromatic heterocycles. The fourth-order valence-corrected chi connectivity index (χ4v) is 4.66. The number of nitrogens with one attached hydrogen (secondary N) is 1. The van der Waals surface area contributed by atoms with Gasteiger partial charge in [0.2, 0.25) is 0 Å². The molecule has 0 aromatic carbocycles. The quantitative estimate of drug-likeness (QED) is 0.686. The molecule has 26 heavy (non-hydrogen) atoms. The number of carboxylic acids is 1. The Bertz CT molecular complexity index is 535. The maximum Gasteiger partial charge on any atom is 0.303 e. The summed E-state index contributed by atoms with van der Waals surface area (Å²) in [5, 5.41) is 12.4. The van der Waals surface area contributed by atoms with E-state index in [1.165, 1.54) is 51.6 Å². The lowest BCUT2D eigenvalue weighted by Crippen LogP contribution is -2.43. The molecule has 0 atom stereocenters. The largest absolute Gasteiger partial charge is 0.481 e. The number of anilines is 1. The molecule has 5 heteroatoms. The second-order valence-corrected chi connectivity index (χ2v) is 8.06. The van der Waals surface area contributed by atoms with E-state index in [1.807, 2.05) is 24.5 Å². The van der Waals surface area contributed by atoms with E-state index in [1.54, 1.807) is 0 Å². The zero-order valence-corrected chi connectivity index (χ0v) is 15.8. The number of aliphatic carboxylic acids is 1. The molecule has 3 rings (SSSR count). The van der Waals surface area contributed by atoms with Crippen LogP contribution in [0.5, 0.6) is 0 Å². The van der Waals surface area contributed by atoms with Gasteiger partial charge in [0.25, 0.3) is 0 Å². The Morgan fingerprint density at radius 1 is 1.08 bits per heavy atom. The van der Waals surface area contributed by atoms with E-state index in [2.05, 4.69) is 15.2 Å². The van der Waals surface area contributed by atoms with E-state index < -0.39 is 5.97 Å². The van der Waals surface area contributed by atoms with E-state index >= 15 is 0 Å². The molecule has 1 aliphatic heterocycles. The number of likely N-dealkylation sites (tertiary alicyclic amines) is 1. The second-order valence-electron chi connectivity index (χ2n) is 8.06. The minimum atomic E-state index is -0.632. The fourth-order valence-electron chi connectivity index (χ4n) is 4.66. The summed E-state index contributed by atoms with van der Waals surface area (Å²) in [6, 6.07) is 4.74. The van der Waals surface area contributed by atoms with Crippen LogP contribution in [-0.2, 0) is 4.79 Å². The van der Waals surface area contributed by atoms with Gasteiger partial charge in [-0.15, -0.1) is 0 Å². The van der Waals surface area contributed by atoms with Crippen LogP contribution < -0.4 is 5.32 Å². The van der Waals surface area contributed by atoms with Crippen molar-refractivity contribution < 1.29 is 9.90 Å². The molecule has 2 fully saturated rings. The number of piperidine rings is 1. The van der Waals surface area contributed by atoms with Crippen LogP contribution in [0.2, 0.25) is 0 Å². The third kappa shape index (κ3) is 5.97. The van der Waals surface area contributed by atoms with Gasteiger partial charge in [-0.05, 0) is 88.4 Å². The first kappa shape index (κ1) is 19.2. The van der Waals surface area contributed by atoms with Crippen LogP contribution in [0.3, 0.4) is 0 Å². The predicted octanol–water partition coefficient (Wildman–Crippen LogP) is 4.02. The van der Waals surface area contributed by atoms with Crippen LogP contribution in [0, 0.1) is 11.8 Å². The molecule has 2 heterocycles. The van der Waals surface area contributed by atoms with Crippen molar-refractivity contribution in [3.05, 3.63) is 24.5 Å². The van der Waals surface area contributed by atoms with Crippen molar-refractivity contribution >= 4 is 11.7 Å². The molecule has 2 N–H and O–H groups in total. The zero-order chi connectivity index (χ0) is 18.2. The van der Waals surface area contributed by atoms with Gasteiger partial charge in [0.15, 0.2) is 0 Å². The third-order valence-corrected chi connectivity index (χ3v) is 6.24. The van der Waals surface area contributed by atoms with E-state index in [0.717, 1.165) is 31.0 Å². The zero-order valence-electron chi connectivity index (χ0n) is 15.8. The topological polar surface area (TPSA) is 65.5 Å². The first-order valence-corrected chi connectivity index (χ1v) is 10.3. The second kappa shape index (κ2) is 9.91. The van der Waals surface area contributed by atoms with Crippen molar-refractivity contribution in [2.45, 2.75) is 63.8 Å². The maximum atomic E-state index is 10.9. The Balaban J connectivity index is 1.28. The Labute approximate surface area is 157 Å². The highest BCUT2D eigenvalue weighted by molar-refractivity contribution is 5.67. The normalized spacial score (nSPS) is 25.1. The molecule has 5 nitrogen and oxygen atoms in total. The number of rotatable bonds is 8. The lowest BCUT2D eigenvalue weighted by atomic mass is 9.82. The van der Waals surface area contributed by atoms with Crippen LogP contribution in [0.25, 0.3) is 0 Å². The van der Waals surface area contributed by atoms with Gasteiger partial charge in [-0.2, -0.15) is 0 Å². The number of pyridine rings is 1. The lowest BCUT2D eigenvalue weighted by Gasteiger charge is -2.40. The van der Waals surface area contributed by atoms with Crippen LogP contribution in [0.15, 0.2) is 24.5 Å². The molecule has 0 bridgehead atoms. The molecular weight excluding hydrogens is 326 g/mol. The molecule has 1 aliphatic carbocycles. The summed E-state index contributed by atoms with van der Waals surface area (Å²) < 4.78 is 0. The van der Waals surface area contributed by atoms with Gasteiger partial charge >= 0.3 is 5.97 Å². The van der Waals surface area contributed by atoms with Crippen LogP contribution in [0.1, 0.15) is 57.8 Å². The Kier molecular flexibility index (Phi) is 7.30. The summed E-state index contributed by atoms with van der Waals surface area (Å²) in [4.78, 5) is 17.6. The summed E-state index contributed by atoms with van der Waals surface area (Å²) in [6.07, 6.45) is 13.8. The fraction of sp³-hybridized carbons (Fsp3) is 0.714. The Morgan fingerprint density at radius 2 is 1.77 bits per heavy atom. The molecule has 0 spiro atoms. The van der Waals surface area contributed by atoms with Gasteiger partial charge in [-0.25, -0.2) is 0 Å². The van der Waals surface area contributed by atoms with Gasteiger partial charge in [-0.1, -0.05) is 0 Å². The van der Waals surface area contributed by atoms with Gasteiger partial charge in [-0.3, -0.25) is 9.78 Å². The molecule has 2 aliphatic rings. The molecule has 0 radical (unpaired) electrons. The number of hydrogen-bond acceptors (Lipinski definition) is 4. The third-order valence-electron chi connectivity index (χ3n) is 6.24. The van der Waals surface area contributed by atoms with Gasteiger partial charge in [0, 0.05) is 37.1 Å². The summed E-state index contributed by atoms with van der Waals surface area (Å²) in [5.41, 5.74) is 1.16. The summed E-state index contributed by atoms with van der Waals surface area (Å²) >= 11 is 0. The average Bonchev–Trinajstić information content (AvgIpc) is 2.67. The van der Waals surface area contributed by atoms with Crippen LogP contribution in [-0.4, -0.2) is 46.6 Å². The summed E-state index contributed by atoms with van der Waals surface area (Å²) in [5.74, 6) is 0.649. The van der Waals surface area contributed by atoms with Crippen molar-refractivity contribution in [3.8, 4) is 0 Å². The van der Waals surface area contributed by atoms with Crippen molar-refractivity contribution in [1.29, 1.82) is 0 Å². The van der Waals surface area contributed by atoms with Crippen molar-refractivity contribution in [2.75, 3.05) is 25.0 Å². The Hall–Kier alpha value is -1.62. The van der Waals surface area contributed by atoms with E-state index in [9.17, 15) is 4.79 Å². The SMILES string of the molecule is O=C(O)CC1CCC(N2CCC(CCCNc3ccncc3)CC2)CC1. The highest BCUT2D eigenvalue weighted by Crippen LogP contribution is 2.32. The first-order chi connectivity index (χ1) is 12.7. The van der Waals surface area contributed by atoms with Crippen molar-refractivity contribution in [3.63, 3.8) is 0 Å². The van der Waals surface area contributed by atoms with Crippen molar-refractivity contribution in [1.82, 2.24) is 9.88 Å². The molecular formula is C21H33N3O2. The number of aromatic nitrogens is 1. The van der Waals surface area contributed by atoms with E-state index in [-0.39, 0.29) is 0 Å². The van der Waals surface area contributed by atoms with Crippen LogP contribution >= 0.6 is 0 Å². The number of carbonyl (C=O) groups is 1. The average molecular weight is 360 g/mol. The maximum absolute atomic E-state index is 10.9. The number of nitrogens with zero attached hydrogens (tertiary/aromatic N) is 2. The molecule has 1 saturated carbocycles. The van der Waals surface area contributed by atoms with E-state index in [4.69, 9.17) is 5.11 Å². The molecule has 1 aromatic rings. The Morgan fingerprint density at radius 3 is 2.42 bits per heavy atom. The van der Waals surface area contributed by atoms with Crippen LogP contribution in [0.4, 0.5) is 5.69 Å². The lowest BCUT2D eigenvalue weighted by molar-refractivity contribution is -0.138. The van der Waals surface area contributed by atoms with E-state index in [0.29, 0.717) is 18.4 Å². The minimum Gasteiger partial charge on any atom is -0.481 e. The molecule has 0 amide bonds. The highest BCUT2D eigenvalue weighted by Gasteiger charge is 2.29. The summed E-state index contributed by atoms with van der Waals surface area (Å²) in [7, 11) is 0. The molecule has 0 unspecified atom stereocenters. The smallest absolute Gasteiger partial charge is 0.303 e. The molecule has 1 saturated heterocycles. The summed E-state index contributed by atoms with van der Waals surface area (Å²) in [6.45, 7) is 3.51. The van der Waals surface area contributed by atoms with Crippen molar-refractivity contribution in [2.24, 2.45) is 11.8 Å². The monoisotopic (exact) mass is 359 g/mol. The minimum absolute atomic E-state index is 0.363. The van der Waals surface area contributed by atoms with Gasteiger partial charge in [0.1, 0.15) is 0 Å². The van der Waals surface area contributed by atoms with Gasteiger partial charge < -0.3 is 15.3 Å². The first-order valence-electron chi connectivity index (χ1n) is 10.3. The number of carboxylic acid groups (broad SMARTS) is 1. The standard InChI is InChI=1S/C21H33N3O2/c25-21(26)16-18-3-5-20(6-4-18)24-14-9-17(10-15-24)2-1-11-23-19-7-12-22-13-8-19/h7-8,12-13,17-18,20H,1-6,9-11,14-16H2,(H,22,23)(H,25,26). The predicted molar refractivity (Wildman–Crippen MR) is 104 cm³/mol. The van der Waals surface area contributed by atoms with Gasteiger partial charge in [0.05, 0.1) is 0 Å².